The van der Waals surface area contributed by atoms with Gasteiger partial charge in [-0.25, -0.2) is 0 Å². The zero-order valence-electron chi connectivity index (χ0n) is 8.04. The molecule has 0 aliphatic rings. The number of hydrogen-bond acceptors (Lipinski definition) is 2. The molecule has 0 spiro atoms. The highest BCUT2D eigenvalue weighted by Crippen LogP contribution is 2.25. The maximum Gasteiger partial charge on any atom is 0.265 e. The van der Waals surface area contributed by atoms with Gasteiger partial charge in [-0.1, -0.05) is 23.7 Å². The predicted molar refractivity (Wildman–Crippen MR) is 71.4 cm³/mol. The monoisotopic (exact) mass is 315 g/mol. The fourth-order valence-corrected chi connectivity index (χ4v) is 2.65. The third kappa shape index (κ3) is 2.64. The van der Waals surface area contributed by atoms with E-state index in [4.69, 9.17) is 11.6 Å². The SMILES string of the molecule is O=C(Nc1ccccc1Cl)c1ccc(Br)s1. The zero-order valence-corrected chi connectivity index (χ0v) is 11.2. The number of hydrogen-bond donors (Lipinski definition) is 1. The van der Waals surface area contributed by atoms with Crippen LogP contribution in [0.3, 0.4) is 0 Å². The minimum atomic E-state index is -0.149. The Labute approximate surface area is 110 Å². The van der Waals surface area contributed by atoms with Crippen LogP contribution in [0, 0.1) is 0 Å². The normalized spacial score (nSPS) is 10.1. The van der Waals surface area contributed by atoms with E-state index in [1.165, 1.54) is 11.3 Å². The van der Waals surface area contributed by atoms with Crippen LogP contribution < -0.4 is 5.32 Å². The summed E-state index contributed by atoms with van der Waals surface area (Å²) < 4.78 is 0.928. The van der Waals surface area contributed by atoms with Gasteiger partial charge in [-0.05, 0) is 40.2 Å². The zero-order chi connectivity index (χ0) is 11.5. The lowest BCUT2D eigenvalue weighted by Crippen LogP contribution is -2.10. The summed E-state index contributed by atoms with van der Waals surface area (Å²) in [4.78, 5) is 12.4. The minimum Gasteiger partial charge on any atom is -0.320 e. The van der Waals surface area contributed by atoms with Gasteiger partial charge in [0.25, 0.3) is 5.91 Å². The smallest absolute Gasteiger partial charge is 0.265 e. The summed E-state index contributed by atoms with van der Waals surface area (Å²) in [5.41, 5.74) is 0.624. The third-order valence-electron chi connectivity index (χ3n) is 1.92. The predicted octanol–water partition coefficient (Wildman–Crippen LogP) is 4.42. The first-order valence-corrected chi connectivity index (χ1v) is 6.47. The lowest BCUT2D eigenvalue weighted by molar-refractivity contribution is 0.103. The van der Waals surface area contributed by atoms with Crippen molar-refractivity contribution in [2.45, 2.75) is 0 Å². The number of amides is 1. The minimum absolute atomic E-state index is 0.149. The number of carbonyl (C=O) groups excluding carboxylic acids is 1. The maximum absolute atomic E-state index is 11.8. The maximum atomic E-state index is 11.8. The average Bonchev–Trinajstić information content (AvgIpc) is 2.68. The highest BCUT2D eigenvalue weighted by Gasteiger charge is 2.09. The Morgan fingerprint density at radius 2 is 2.00 bits per heavy atom. The number of para-hydroxylation sites is 1. The van der Waals surface area contributed by atoms with Gasteiger partial charge in [-0.3, -0.25) is 4.79 Å². The van der Waals surface area contributed by atoms with E-state index in [0.29, 0.717) is 15.6 Å². The van der Waals surface area contributed by atoms with Gasteiger partial charge >= 0.3 is 0 Å². The molecular formula is C11H7BrClNOS. The van der Waals surface area contributed by atoms with E-state index in [-0.39, 0.29) is 5.91 Å². The van der Waals surface area contributed by atoms with Crippen LogP contribution in [-0.2, 0) is 0 Å². The number of halogens is 2. The van der Waals surface area contributed by atoms with Gasteiger partial charge in [0.2, 0.25) is 0 Å². The van der Waals surface area contributed by atoms with Crippen LogP contribution in [0.25, 0.3) is 0 Å². The van der Waals surface area contributed by atoms with Gasteiger partial charge < -0.3 is 5.32 Å². The fraction of sp³-hybridized carbons (Fsp3) is 0. The Hall–Kier alpha value is -0.840. The lowest BCUT2D eigenvalue weighted by atomic mass is 10.3. The van der Waals surface area contributed by atoms with Crippen molar-refractivity contribution in [3.8, 4) is 0 Å². The molecule has 0 fully saturated rings. The molecule has 0 aliphatic carbocycles. The molecule has 1 heterocycles. The Balaban J connectivity index is 2.17. The van der Waals surface area contributed by atoms with Crippen molar-refractivity contribution in [1.29, 1.82) is 0 Å². The Morgan fingerprint density at radius 3 is 2.62 bits per heavy atom. The molecule has 0 unspecified atom stereocenters. The second-order valence-corrected chi connectivity index (χ2v) is 5.91. The fourth-order valence-electron chi connectivity index (χ4n) is 1.18. The van der Waals surface area contributed by atoms with E-state index in [9.17, 15) is 4.79 Å². The molecule has 0 saturated carbocycles. The second-order valence-electron chi connectivity index (χ2n) is 3.04. The molecule has 1 N–H and O–H groups in total. The van der Waals surface area contributed by atoms with Crippen LogP contribution >= 0.6 is 38.9 Å². The Kier molecular flexibility index (Phi) is 3.63. The summed E-state index contributed by atoms with van der Waals surface area (Å²) >= 11 is 10.6. The van der Waals surface area contributed by atoms with E-state index < -0.39 is 0 Å². The highest BCUT2D eigenvalue weighted by molar-refractivity contribution is 9.11. The number of carbonyl (C=O) groups is 1. The van der Waals surface area contributed by atoms with Crippen molar-refractivity contribution >= 4 is 50.5 Å². The summed E-state index contributed by atoms with van der Waals surface area (Å²) in [5.74, 6) is -0.149. The Morgan fingerprint density at radius 1 is 1.25 bits per heavy atom. The number of thiophene rings is 1. The molecule has 1 aromatic heterocycles. The van der Waals surface area contributed by atoms with E-state index in [2.05, 4.69) is 21.2 Å². The molecule has 16 heavy (non-hydrogen) atoms. The molecule has 2 rings (SSSR count). The summed E-state index contributed by atoms with van der Waals surface area (Å²) in [6.45, 7) is 0. The second kappa shape index (κ2) is 4.99. The molecular weight excluding hydrogens is 310 g/mol. The van der Waals surface area contributed by atoms with Crippen molar-refractivity contribution in [3.05, 3.63) is 50.1 Å². The first kappa shape index (κ1) is 11.6. The van der Waals surface area contributed by atoms with Crippen molar-refractivity contribution in [2.24, 2.45) is 0 Å². The van der Waals surface area contributed by atoms with Crippen LogP contribution in [0.4, 0.5) is 5.69 Å². The van der Waals surface area contributed by atoms with Gasteiger partial charge in [0, 0.05) is 0 Å². The first-order valence-electron chi connectivity index (χ1n) is 4.48. The summed E-state index contributed by atoms with van der Waals surface area (Å²) in [6.07, 6.45) is 0. The average molecular weight is 317 g/mol. The van der Waals surface area contributed by atoms with Crippen molar-refractivity contribution < 1.29 is 4.79 Å². The number of benzene rings is 1. The highest BCUT2D eigenvalue weighted by atomic mass is 79.9. The molecule has 2 nitrogen and oxygen atoms in total. The topological polar surface area (TPSA) is 29.1 Å². The summed E-state index contributed by atoms with van der Waals surface area (Å²) in [7, 11) is 0. The molecule has 1 amide bonds. The molecule has 1 aromatic carbocycles. The summed E-state index contributed by atoms with van der Waals surface area (Å²) in [5, 5.41) is 3.29. The molecule has 2 aromatic rings. The molecule has 0 aliphatic heterocycles. The van der Waals surface area contributed by atoms with E-state index in [0.717, 1.165) is 3.79 Å². The van der Waals surface area contributed by atoms with Gasteiger partial charge in [0.15, 0.2) is 0 Å². The van der Waals surface area contributed by atoms with E-state index in [1.807, 2.05) is 18.2 Å². The van der Waals surface area contributed by atoms with Crippen LogP contribution in [0.2, 0.25) is 5.02 Å². The summed E-state index contributed by atoms with van der Waals surface area (Å²) in [6, 6.07) is 10.8. The largest absolute Gasteiger partial charge is 0.320 e. The molecule has 0 radical (unpaired) electrons. The molecule has 0 atom stereocenters. The van der Waals surface area contributed by atoms with Gasteiger partial charge in [0.1, 0.15) is 0 Å². The first-order chi connectivity index (χ1) is 7.66. The van der Waals surface area contributed by atoms with Gasteiger partial charge in [-0.2, -0.15) is 0 Å². The van der Waals surface area contributed by atoms with Crippen LogP contribution in [0.1, 0.15) is 9.67 Å². The van der Waals surface area contributed by atoms with E-state index in [1.54, 1.807) is 18.2 Å². The van der Waals surface area contributed by atoms with Crippen LogP contribution in [0.15, 0.2) is 40.2 Å². The van der Waals surface area contributed by atoms with Crippen molar-refractivity contribution in [1.82, 2.24) is 0 Å². The van der Waals surface area contributed by atoms with Gasteiger partial charge in [-0.15, -0.1) is 11.3 Å². The standard InChI is InChI=1S/C11H7BrClNOS/c12-10-6-5-9(16-10)11(15)14-8-4-2-1-3-7(8)13/h1-6H,(H,14,15). The molecule has 0 bridgehead atoms. The third-order valence-corrected chi connectivity index (χ3v) is 3.87. The van der Waals surface area contributed by atoms with Crippen molar-refractivity contribution in [2.75, 3.05) is 5.32 Å². The quantitative estimate of drug-likeness (QED) is 0.873. The molecule has 82 valence electrons. The Bertz CT molecular complexity index is 526. The number of anilines is 1. The van der Waals surface area contributed by atoms with Crippen LogP contribution in [-0.4, -0.2) is 5.91 Å². The molecule has 5 heteroatoms. The van der Waals surface area contributed by atoms with Crippen molar-refractivity contribution in [3.63, 3.8) is 0 Å². The lowest BCUT2D eigenvalue weighted by Gasteiger charge is -2.04. The molecule has 0 saturated heterocycles. The van der Waals surface area contributed by atoms with E-state index >= 15 is 0 Å². The number of rotatable bonds is 2. The van der Waals surface area contributed by atoms with Gasteiger partial charge in [0.05, 0.1) is 19.4 Å². The number of nitrogens with one attached hydrogen (secondary N) is 1. The van der Waals surface area contributed by atoms with Crippen LogP contribution in [0.5, 0.6) is 0 Å².